The van der Waals surface area contributed by atoms with Crippen molar-refractivity contribution in [2.75, 3.05) is 5.32 Å². The molecule has 4 N–H and O–H groups in total. The van der Waals surface area contributed by atoms with Gasteiger partial charge in [-0.2, -0.15) is 0 Å². The SMILES string of the molecule is NC(=O)Nc1cccc(C2(O)CC2)c1. The predicted octanol–water partition coefficient (Wildman–Crippen LogP) is 1.16. The molecule has 0 bridgehead atoms. The Labute approximate surface area is 81.7 Å². The molecule has 1 fully saturated rings. The lowest BCUT2D eigenvalue weighted by molar-refractivity contribution is 0.151. The number of urea groups is 1. The van der Waals surface area contributed by atoms with Crippen molar-refractivity contribution >= 4 is 11.7 Å². The first-order valence-electron chi connectivity index (χ1n) is 4.49. The molecule has 1 aliphatic rings. The van der Waals surface area contributed by atoms with Gasteiger partial charge in [0.25, 0.3) is 0 Å². The van der Waals surface area contributed by atoms with Crippen molar-refractivity contribution < 1.29 is 9.90 Å². The Kier molecular flexibility index (Phi) is 1.93. The first-order chi connectivity index (χ1) is 6.60. The van der Waals surface area contributed by atoms with Gasteiger partial charge in [-0.25, -0.2) is 4.79 Å². The van der Waals surface area contributed by atoms with E-state index in [0.717, 1.165) is 18.4 Å². The van der Waals surface area contributed by atoms with Crippen LogP contribution in [-0.2, 0) is 5.60 Å². The molecule has 0 atom stereocenters. The van der Waals surface area contributed by atoms with E-state index in [1.165, 1.54) is 0 Å². The summed E-state index contributed by atoms with van der Waals surface area (Å²) in [5.41, 5.74) is 5.77. The molecule has 0 aromatic heterocycles. The first-order valence-corrected chi connectivity index (χ1v) is 4.49. The molecule has 0 radical (unpaired) electrons. The lowest BCUT2D eigenvalue weighted by Gasteiger charge is -2.09. The molecule has 0 spiro atoms. The summed E-state index contributed by atoms with van der Waals surface area (Å²) in [6.45, 7) is 0. The predicted molar refractivity (Wildman–Crippen MR) is 52.8 cm³/mol. The number of nitrogens with one attached hydrogen (secondary N) is 1. The Hall–Kier alpha value is -1.55. The van der Waals surface area contributed by atoms with Crippen molar-refractivity contribution in [3.05, 3.63) is 29.8 Å². The quantitative estimate of drug-likeness (QED) is 0.657. The lowest BCUT2D eigenvalue weighted by atomic mass is 10.1. The summed E-state index contributed by atoms with van der Waals surface area (Å²) in [5.74, 6) is 0. The number of amides is 2. The Balaban J connectivity index is 2.23. The first kappa shape index (κ1) is 9.02. The molecule has 2 amide bonds. The van der Waals surface area contributed by atoms with Gasteiger partial charge in [0.2, 0.25) is 0 Å². The summed E-state index contributed by atoms with van der Waals surface area (Å²) < 4.78 is 0. The molecule has 0 unspecified atom stereocenters. The molecule has 2 rings (SSSR count). The van der Waals surface area contributed by atoms with Crippen molar-refractivity contribution in [3.63, 3.8) is 0 Å². The van der Waals surface area contributed by atoms with E-state index in [-0.39, 0.29) is 0 Å². The zero-order valence-corrected chi connectivity index (χ0v) is 7.66. The number of primary amides is 1. The molecular formula is C10H12N2O2. The van der Waals surface area contributed by atoms with Crippen LogP contribution in [0.3, 0.4) is 0 Å². The number of hydrogen-bond donors (Lipinski definition) is 3. The van der Waals surface area contributed by atoms with Crippen LogP contribution in [0.15, 0.2) is 24.3 Å². The molecule has 1 aromatic carbocycles. The summed E-state index contributed by atoms with van der Waals surface area (Å²) in [6.07, 6.45) is 1.57. The average molecular weight is 192 g/mol. The lowest BCUT2D eigenvalue weighted by Crippen LogP contribution is -2.19. The highest BCUT2D eigenvalue weighted by atomic mass is 16.3. The Morgan fingerprint density at radius 2 is 2.21 bits per heavy atom. The third-order valence-corrected chi connectivity index (χ3v) is 2.39. The monoisotopic (exact) mass is 192 g/mol. The molecule has 0 heterocycles. The number of benzene rings is 1. The van der Waals surface area contributed by atoms with E-state index in [9.17, 15) is 9.90 Å². The number of anilines is 1. The maximum atomic E-state index is 10.6. The Morgan fingerprint density at radius 3 is 2.79 bits per heavy atom. The normalized spacial score (nSPS) is 17.5. The van der Waals surface area contributed by atoms with Gasteiger partial charge < -0.3 is 16.2 Å². The van der Waals surface area contributed by atoms with Crippen molar-refractivity contribution in [2.45, 2.75) is 18.4 Å². The molecule has 0 saturated heterocycles. The number of rotatable bonds is 2. The van der Waals surface area contributed by atoms with Crippen LogP contribution in [0.2, 0.25) is 0 Å². The number of carbonyl (C=O) groups excluding carboxylic acids is 1. The average Bonchev–Trinajstić information content (AvgIpc) is 2.84. The van der Waals surface area contributed by atoms with Crippen LogP contribution in [0, 0.1) is 0 Å². The standard InChI is InChI=1S/C10H12N2O2/c11-9(13)12-8-3-1-2-7(6-8)10(14)4-5-10/h1-3,6,14H,4-5H2,(H3,11,12,13). The van der Waals surface area contributed by atoms with E-state index < -0.39 is 11.6 Å². The molecule has 1 aromatic rings. The van der Waals surface area contributed by atoms with E-state index >= 15 is 0 Å². The van der Waals surface area contributed by atoms with E-state index in [1.54, 1.807) is 18.2 Å². The highest BCUT2D eigenvalue weighted by Gasteiger charge is 2.42. The molecule has 1 aliphatic carbocycles. The van der Waals surface area contributed by atoms with Crippen LogP contribution in [0.1, 0.15) is 18.4 Å². The van der Waals surface area contributed by atoms with E-state index in [0.29, 0.717) is 5.69 Å². The van der Waals surface area contributed by atoms with Crippen molar-refractivity contribution in [1.29, 1.82) is 0 Å². The van der Waals surface area contributed by atoms with Gasteiger partial charge in [-0.1, -0.05) is 12.1 Å². The smallest absolute Gasteiger partial charge is 0.316 e. The van der Waals surface area contributed by atoms with Crippen LogP contribution < -0.4 is 11.1 Å². The van der Waals surface area contributed by atoms with Crippen LogP contribution in [0.4, 0.5) is 10.5 Å². The second-order valence-electron chi connectivity index (χ2n) is 3.60. The van der Waals surface area contributed by atoms with Gasteiger partial charge in [-0.15, -0.1) is 0 Å². The van der Waals surface area contributed by atoms with Gasteiger partial charge in [-0.3, -0.25) is 0 Å². The molecule has 0 aliphatic heterocycles. The minimum absolute atomic E-state index is 0.593. The van der Waals surface area contributed by atoms with Crippen LogP contribution in [-0.4, -0.2) is 11.1 Å². The Morgan fingerprint density at radius 1 is 1.50 bits per heavy atom. The summed E-state index contributed by atoms with van der Waals surface area (Å²) in [7, 11) is 0. The van der Waals surface area contributed by atoms with E-state index in [2.05, 4.69) is 5.32 Å². The van der Waals surface area contributed by atoms with E-state index in [1.807, 2.05) is 6.07 Å². The second-order valence-corrected chi connectivity index (χ2v) is 3.60. The number of aliphatic hydroxyl groups is 1. The largest absolute Gasteiger partial charge is 0.385 e. The fraction of sp³-hybridized carbons (Fsp3) is 0.300. The summed E-state index contributed by atoms with van der Waals surface area (Å²) in [6, 6.07) is 6.53. The second kappa shape index (κ2) is 2.99. The molecule has 14 heavy (non-hydrogen) atoms. The zero-order chi connectivity index (χ0) is 10.2. The van der Waals surface area contributed by atoms with E-state index in [4.69, 9.17) is 5.73 Å². The number of carbonyl (C=O) groups is 1. The molecule has 74 valence electrons. The van der Waals surface area contributed by atoms with Crippen molar-refractivity contribution in [3.8, 4) is 0 Å². The third kappa shape index (κ3) is 1.70. The number of hydrogen-bond acceptors (Lipinski definition) is 2. The van der Waals surface area contributed by atoms with Gasteiger partial charge in [0.15, 0.2) is 0 Å². The minimum atomic E-state index is -0.671. The topological polar surface area (TPSA) is 75.4 Å². The van der Waals surface area contributed by atoms with Crippen LogP contribution in [0.5, 0.6) is 0 Å². The number of nitrogens with two attached hydrogens (primary N) is 1. The van der Waals surface area contributed by atoms with Crippen molar-refractivity contribution in [2.24, 2.45) is 5.73 Å². The third-order valence-electron chi connectivity index (χ3n) is 2.39. The minimum Gasteiger partial charge on any atom is -0.385 e. The molecule has 4 nitrogen and oxygen atoms in total. The summed E-state index contributed by atoms with van der Waals surface area (Å²) in [5, 5.41) is 12.3. The Bertz CT molecular complexity index is 372. The maximum Gasteiger partial charge on any atom is 0.316 e. The van der Waals surface area contributed by atoms with Gasteiger partial charge >= 0.3 is 6.03 Å². The molecule has 1 saturated carbocycles. The highest BCUT2D eigenvalue weighted by Crippen LogP contribution is 2.45. The van der Waals surface area contributed by atoms with Crippen LogP contribution >= 0.6 is 0 Å². The van der Waals surface area contributed by atoms with Gasteiger partial charge in [0, 0.05) is 5.69 Å². The van der Waals surface area contributed by atoms with Crippen LogP contribution in [0.25, 0.3) is 0 Å². The summed E-state index contributed by atoms with van der Waals surface area (Å²) in [4.78, 5) is 10.6. The fourth-order valence-electron chi connectivity index (χ4n) is 1.44. The van der Waals surface area contributed by atoms with Gasteiger partial charge in [-0.05, 0) is 30.5 Å². The van der Waals surface area contributed by atoms with Gasteiger partial charge in [0.1, 0.15) is 0 Å². The molecule has 4 heteroatoms. The summed E-state index contributed by atoms with van der Waals surface area (Å²) >= 11 is 0. The maximum absolute atomic E-state index is 10.6. The fourth-order valence-corrected chi connectivity index (χ4v) is 1.44. The van der Waals surface area contributed by atoms with Gasteiger partial charge in [0.05, 0.1) is 5.60 Å². The highest BCUT2D eigenvalue weighted by molar-refractivity contribution is 5.87. The van der Waals surface area contributed by atoms with Crippen molar-refractivity contribution in [1.82, 2.24) is 0 Å². The zero-order valence-electron chi connectivity index (χ0n) is 7.66. The molecular weight excluding hydrogens is 180 g/mol.